The van der Waals surface area contributed by atoms with Crippen LogP contribution in [0.5, 0.6) is 0 Å². The molecule has 3 heteroatoms. The van der Waals surface area contributed by atoms with Crippen LogP contribution in [0.4, 0.5) is 0 Å². The van der Waals surface area contributed by atoms with Crippen LogP contribution in [0, 0.1) is 6.92 Å². The van der Waals surface area contributed by atoms with Crippen LogP contribution in [0.3, 0.4) is 0 Å². The Morgan fingerprint density at radius 2 is 2.23 bits per heavy atom. The molecule has 1 N–H and O–H groups in total. The average Bonchev–Trinajstić information content (AvgIpc) is 2.12. The Morgan fingerprint density at radius 3 is 3.00 bits per heavy atom. The highest BCUT2D eigenvalue weighted by Gasteiger charge is 2.20. The van der Waals surface area contributed by atoms with Crippen molar-refractivity contribution in [1.29, 1.82) is 0 Å². The second-order valence-corrected chi connectivity index (χ2v) is 3.61. The van der Waals surface area contributed by atoms with Gasteiger partial charge in [-0.15, -0.1) is 0 Å². The topological polar surface area (TPSA) is 29.1 Å². The summed E-state index contributed by atoms with van der Waals surface area (Å²) in [7, 11) is 0. The SMILES string of the molecule is Cc1ccc2c(c1Cl)C(=O)NCC2. The van der Waals surface area contributed by atoms with E-state index in [0.717, 1.165) is 17.5 Å². The zero-order chi connectivity index (χ0) is 9.42. The second-order valence-electron chi connectivity index (χ2n) is 3.24. The van der Waals surface area contributed by atoms with Gasteiger partial charge in [-0.25, -0.2) is 0 Å². The Hall–Kier alpha value is -1.02. The van der Waals surface area contributed by atoms with Gasteiger partial charge in [0.05, 0.1) is 10.6 Å². The highest BCUT2D eigenvalue weighted by Crippen LogP contribution is 2.26. The molecule has 1 amide bonds. The summed E-state index contributed by atoms with van der Waals surface area (Å²) in [6, 6.07) is 3.94. The van der Waals surface area contributed by atoms with Crippen LogP contribution in [0.2, 0.25) is 5.02 Å². The van der Waals surface area contributed by atoms with Gasteiger partial charge in [-0.1, -0.05) is 23.7 Å². The largest absolute Gasteiger partial charge is 0.352 e. The minimum atomic E-state index is -0.0463. The monoisotopic (exact) mass is 195 g/mol. The first-order valence-corrected chi connectivity index (χ1v) is 4.64. The zero-order valence-electron chi connectivity index (χ0n) is 7.36. The molecule has 13 heavy (non-hydrogen) atoms. The summed E-state index contributed by atoms with van der Waals surface area (Å²) < 4.78 is 0. The predicted octanol–water partition coefficient (Wildman–Crippen LogP) is 1.93. The van der Waals surface area contributed by atoms with Crippen molar-refractivity contribution in [3.8, 4) is 0 Å². The lowest BCUT2D eigenvalue weighted by atomic mass is 9.98. The Kier molecular flexibility index (Phi) is 2.00. The first kappa shape index (κ1) is 8.57. The normalized spacial score (nSPS) is 15.1. The van der Waals surface area contributed by atoms with E-state index in [2.05, 4.69) is 5.32 Å². The number of carbonyl (C=O) groups excluding carboxylic acids is 1. The van der Waals surface area contributed by atoms with Crippen molar-refractivity contribution in [3.63, 3.8) is 0 Å². The fraction of sp³-hybridized carbons (Fsp3) is 0.300. The van der Waals surface area contributed by atoms with Crippen LogP contribution in [0.1, 0.15) is 21.5 Å². The van der Waals surface area contributed by atoms with Crippen molar-refractivity contribution in [3.05, 3.63) is 33.8 Å². The molecule has 0 saturated heterocycles. The van der Waals surface area contributed by atoms with E-state index in [1.807, 2.05) is 19.1 Å². The highest BCUT2D eigenvalue weighted by molar-refractivity contribution is 6.34. The maximum absolute atomic E-state index is 11.5. The molecule has 0 atom stereocenters. The number of amides is 1. The molecule has 0 bridgehead atoms. The third-order valence-corrected chi connectivity index (χ3v) is 2.82. The number of nitrogens with one attached hydrogen (secondary N) is 1. The molecule has 1 aliphatic rings. The number of benzene rings is 1. The fourth-order valence-electron chi connectivity index (χ4n) is 1.57. The van der Waals surface area contributed by atoms with Crippen molar-refractivity contribution in [2.75, 3.05) is 6.54 Å². The number of rotatable bonds is 0. The summed E-state index contributed by atoms with van der Waals surface area (Å²) in [6.07, 6.45) is 0.876. The molecule has 1 aliphatic heterocycles. The Labute approximate surface area is 81.9 Å². The van der Waals surface area contributed by atoms with E-state index in [-0.39, 0.29) is 5.91 Å². The second kappa shape index (κ2) is 3.04. The van der Waals surface area contributed by atoms with Gasteiger partial charge in [0.2, 0.25) is 0 Å². The molecular formula is C10H10ClNO. The van der Waals surface area contributed by atoms with Gasteiger partial charge in [0.25, 0.3) is 5.91 Å². The number of hydrogen-bond acceptors (Lipinski definition) is 1. The van der Waals surface area contributed by atoms with E-state index in [1.165, 1.54) is 0 Å². The number of fused-ring (bicyclic) bond motifs is 1. The molecule has 1 aromatic carbocycles. The van der Waals surface area contributed by atoms with E-state index in [4.69, 9.17) is 11.6 Å². The standard InChI is InChI=1S/C10H10ClNO/c1-6-2-3-7-4-5-12-10(13)8(7)9(6)11/h2-3H,4-5H2,1H3,(H,12,13). The van der Waals surface area contributed by atoms with Crippen LogP contribution >= 0.6 is 11.6 Å². The number of aryl methyl sites for hydroxylation is 1. The first-order chi connectivity index (χ1) is 6.20. The van der Waals surface area contributed by atoms with Gasteiger partial charge in [-0.05, 0) is 24.5 Å². The number of hydrogen-bond donors (Lipinski definition) is 1. The molecular weight excluding hydrogens is 186 g/mol. The first-order valence-electron chi connectivity index (χ1n) is 4.26. The van der Waals surface area contributed by atoms with Gasteiger partial charge >= 0.3 is 0 Å². The molecule has 0 fully saturated rings. The Balaban J connectivity index is 2.65. The van der Waals surface area contributed by atoms with Crippen molar-refractivity contribution < 1.29 is 4.79 Å². The predicted molar refractivity (Wildman–Crippen MR) is 52.2 cm³/mol. The van der Waals surface area contributed by atoms with Gasteiger partial charge in [-0.2, -0.15) is 0 Å². The minimum Gasteiger partial charge on any atom is -0.352 e. The van der Waals surface area contributed by atoms with Crippen LogP contribution in [-0.4, -0.2) is 12.5 Å². The van der Waals surface area contributed by atoms with E-state index < -0.39 is 0 Å². The van der Waals surface area contributed by atoms with Crippen molar-refractivity contribution >= 4 is 17.5 Å². The van der Waals surface area contributed by atoms with Gasteiger partial charge in [0.15, 0.2) is 0 Å². The molecule has 0 spiro atoms. The van der Waals surface area contributed by atoms with E-state index in [1.54, 1.807) is 0 Å². The molecule has 0 unspecified atom stereocenters. The summed E-state index contributed by atoms with van der Waals surface area (Å²) in [5, 5.41) is 3.38. The van der Waals surface area contributed by atoms with Crippen LogP contribution in [-0.2, 0) is 6.42 Å². The van der Waals surface area contributed by atoms with Crippen molar-refractivity contribution in [1.82, 2.24) is 5.32 Å². The minimum absolute atomic E-state index is 0.0463. The number of carbonyl (C=O) groups is 1. The summed E-state index contributed by atoms with van der Waals surface area (Å²) >= 11 is 6.05. The summed E-state index contributed by atoms with van der Waals surface area (Å²) in [4.78, 5) is 11.5. The molecule has 2 nitrogen and oxygen atoms in total. The molecule has 2 rings (SSSR count). The lowest BCUT2D eigenvalue weighted by Gasteiger charge is -2.18. The maximum atomic E-state index is 11.5. The molecule has 1 heterocycles. The maximum Gasteiger partial charge on any atom is 0.253 e. The van der Waals surface area contributed by atoms with E-state index in [9.17, 15) is 4.79 Å². The van der Waals surface area contributed by atoms with Gasteiger partial charge in [-0.3, -0.25) is 4.79 Å². The quantitative estimate of drug-likeness (QED) is 0.674. The fourth-order valence-corrected chi connectivity index (χ4v) is 1.84. The lowest BCUT2D eigenvalue weighted by Crippen LogP contribution is -2.32. The Morgan fingerprint density at radius 1 is 1.46 bits per heavy atom. The van der Waals surface area contributed by atoms with E-state index >= 15 is 0 Å². The molecule has 68 valence electrons. The van der Waals surface area contributed by atoms with Gasteiger partial charge in [0, 0.05) is 6.54 Å². The summed E-state index contributed by atoms with van der Waals surface area (Å²) in [5.41, 5.74) is 2.67. The third kappa shape index (κ3) is 1.31. The van der Waals surface area contributed by atoms with Crippen molar-refractivity contribution in [2.45, 2.75) is 13.3 Å². The van der Waals surface area contributed by atoms with Crippen LogP contribution in [0.15, 0.2) is 12.1 Å². The number of halogens is 1. The smallest absolute Gasteiger partial charge is 0.253 e. The van der Waals surface area contributed by atoms with Crippen LogP contribution < -0.4 is 5.32 Å². The summed E-state index contributed by atoms with van der Waals surface area (Å²) in [5.74, 6) is -0.0463. The third-order valence-electron chi connectivity index (χ3n) is 2.33. The van der Waals surface area contributed by atoms with Crippen LogP contribution in [0.25, 0.3) is 0 Å². The molecule has 0 aliphatic carbocycles. The van der Waals surface area contributed by atoms with Crippen molar-refractivity contribution in [2.24, 2.45) is 0 Å². The molecule has 0 radical (unpaired) electrons. The molecule has 1 aromatic rings. The lowest BCUT2D eigenvalue weighted by molar-refractivity contribution is 0.0946. The zero-order valence-corrected chi connectivity index (χ0v) is 8.11. The highest BCUT2D eigenvalue weighted by atomic mass is 35.5. The summed E-state index contributed by atoms with van der Waals surface area (Å²) in [6.45, 7) is 2.62. The molecule has 0 aromatic heterocycles. The van der Waals surface area contributed by atoms with E-state index in [0.29, 0.717) is 17.1 Å². The molecule has 0 saturated carbocycles. The van der Waals surface area contributed by atoms with Gasteiger partial charge < -0.3 is 5.32 Å². The van der Waals surface area contributed by atoms with Gasteiger partial charge in [0.1, 0.15) is 0 Å². The average molecular weight is 196 g/mol. The Bertz CT molecular complexity index is 373.